The molecule has 4 nitrogen and oxygen atoms in total. The smallest absolute Gasteiger partial charge is 0.237 e. The zero-order valence-electron chi connectivity index (χ0n) is 15.4. The number of nitrogens with zero attached hydrogens (tertiary/aromatic N) is 1. The first-order valence-corrected chi connectivity index (χ1v) is 9.28. The van der Waals surface area contributed by atoms with Crippen molar-refractivity contribution in [2.75, 3.05) is 13.1 Å². The monoisotopic (exact) mass is 331 g/mol. The van der Waals surface area contributed by atoms with Crippen LogP contribution >= 0.6 is 0 Å². The number of carbonyl (C=O) groups excluding carboxylic acids is 1. The molecule has 4 heteroatoms. The van der Waals surface area contributed by atoms with Gasteiger partial charge in [0.05, 0.1) is 6.04 Å². The van der Waals surface area contributed by atoms with Crippen molar-refractivity contribution in [1.29, 1.82) is 0 Å². The van der Waals surface area contributed by atoms with E-state index in [9.17, 15) is 4.79 Å². The number of nitrogens with two attached hydrogens (primary N) is 1. The van der Waals surface area contributed by atoms with Crippen LogP contribution in [0.15, 0.2) is 24.3 Å². The van der Waals surface area contributed by atoms with Crippen LogP contribution in [-0.2, 0) is 17.9 Å². The molecule has 1 atom stereocenters. The van der Waals surface area contributed by atoms with Gasteiger partial charge in [0.25, 0.3) is 0 Å². The zero-order chi connectivity index (χ0) is 17.5. The summed E-state index contributed by atoms with van der Waals surface area (Å²) in [5.41, 5.74) is 8.47. The Labute approximate surface area is 146 Å². The maximum absolute atomic E-state index is 12.1. The lowest BCUT2D eigenvalue weighted by atomic mass is 9.98. The highest BCUT2D eigenvalue weighted by molar-refractivity contribution is 5.81. The second-order valence-electron chi connectivity index (χ2n) is 7.68. The average molecular weight is 332 g/mol. The number of hydrogen-bond acceptors (Lipinski definition) is 3. The van der Waals surface area contributed by atoms with E-state index < -0.39 is 6.04 Å². The van der Waals surface area contributed by atoms with Crippen molar-refractivity contribution in [2.24, 2.45) is 17.6 Å². The molecule has 0 aromatic heterocycles. The van der Waals surface area contributed by atoms with E-state index in [1.807, 2.05) is 6.07 Å². The van der Waals surface area contributed by atoms with Gasteiger partial charge in [-0.1, -0.05) is 45.0 Å². The molecule has 1 heterocycles. The topological polar surface area (TPSA) is 58.4 Å². The van der Waals surface area contributed by atoms with Crippen LogP contribution in [0.1, 0.15) is 51.2 Å². The number of nitrogens with one attached hydrogen (secondary N) is 1. The third kappa shape index (κ3) is 5.91. The third-order valence-electron chi connectivity index (χ3n) is 4.90. The quantitative estimate of drug-likeness (QED) is 0.808. The van der Waals surface area contributed by atoms with Crippen molar-refractivity contribution < 1.29 is 4.79 Å². The first kappa shape index (κ1) is 18.9. The van der Waals surface area contributed by atoms with E-state index in [2.05, 4.69) is 49.2 Å². The summed E-state index contributed by atoms with van der Waals surface area (Å²) in [6.07, 6.45) is 3.28. The summed E-state index contributed by atoms with van der Waals surface area (Å²) in [6.45, 7) is 10.4. The van der Waals surface area contributed by atoms with Crippen molar-refractivity contribution >= 4 is 5.91 Å². The first-order valence-electron chi connectivity index (χ1n) is 9.28. The molecule has 1 amide bonds. The largest absolute Gasteiger partial charge is 0.351 e. The predicted molar refractivity (Wildman–Crippen MR) is 99.4 cm³/mol. The van der Waals surface area contributed by atoms with Gasteiger partial charge in [-0.25, -0.2) is 0 Å². The SMILES string of the molecule is CC(C)C[C@H](N)C(=O)NCc1ccccc1CN1CCC(C)CC1. The molecule has 3 N–H and O–H groups in total. The molecule has 1 aliphatic rings. The molecule has 2 rings (SSSR count). The fourth-order valence-corrected chi connectivity index (χ4v) is 3.27. The first-order chi connectivity index (χ1) is 11.5. The van der Waals surface area contributed by atoms with Crippen molar-refractivity contribution in [3.05, 3.63) is 35.4 Å². The number of rotatable bonds is 7. The van der Waals surface area contributed by atoms with Crippen molar-refractivity contribution in [3.8, 4) is 0 Å². The molecular weight excluding hydrogens is 298 g/mol. The Hall–Kier alpha value is -1.39. The maximum Gasteiger partial charge on any atom is 0.237 e. The summed E-state index contributed by atoms with van der Waals surface area (Å²) >= 11 is 0. The highest BCUT2D eigenvalue weighted by atomic mass is 16.2. The highest BCUT2D eigenvalue weighted by Crippen LogP contribution is 2.19. The van der Waals surface area contributed by atoms with Gasteiger partial charge in [0.1, 0.15) is 0 Å². The van der Waals surface area contributed by atoms with Gasteiger partial charge >= 0.3 is 0 Å². The van der Waals surface area contributed by atoms with E-state index in [-0.39, 0.29) is 5.91 Å². The molecule has 0 bridgehead atoms. The Bertz CT molecular complexity index is 521. The van der Waals surface area contributed by atoms with Gasteiger partial charge in [0.15, 0.2) is 0 Å². The standard InChI is InChI=1S/C20H33N3O/c1-15(2)12-19(21)20(24)22-13-17-6-4-5-7-18(17)14-23-10-8-16(3)9-11-23/h4-7,15-16,19H,8-14,21H2,1-3H3,(H,22,24)/t19-/m0/s1. The molecule has 0 unspecified atom stereocenters. The number of benzene rings is 1. The summed E-state index contributed by atoms with van der Waals surface area (Å²) < 4.78 is 0. The number of piperidine rings is 1. The van der Waals surface area contributed by atoms with Gasteiger partial charge in [-0.05, 0) is 55.3 Å². The molecule has 0 saturated carbocycles. The number of hydrogen-bond donors (Lipinski definition) is 2. The van der Waals surface area contributed by atoms with Crippen LogP contribution < -0.4 is 11.1 Å². The van der Waals surface area contributed by atoms with E-state index in [0.717, 1.165) is 18.9 Å². The Morgan fingerprint density at radius 3 is 2.50 bits per heavy atom. The Morgan fingerprint density at radius 2 is 1.88 bits per heavy atom. The predicted octanol–water partition coefficient (Wildman–Crippen LogP) is 2.91. The summed E-state index contributed by atoms with van der Waals surface area (Å²) in [5.74, 6) is 1.23. The van der Waals surface area contributed by atoms with Crippen LogP contribution in [0.2, 0.25) is 0 Å². The number of likely N-dealkylation sites (tertiary alicyclic amines) is 1. The fourth-order valence-electron chi connectivity index (χ4n) is 3.27. The zero-order valence-corrected chi connectivity index (χ0v) is 15.4. The van der Waals surface area contributed by atoms with Gasteiger partial charge in [-0.3, -0.25) is 9.69 Å². The van der Waals surface area contributed by atoms with Crippen LogP contribution in [0.25, 0.3) is 0 Å². The maximum atomic E-state index is 12.1. The molecule has 1 aliphatic heterocycles. The van der Waals surface area contributed by atoms with Crippen LogP contribution in [0.5, 0.6) is 0 Å². The Kier molecular flexibility index (Phi) is 7.25. The lowest BCUT2D eigenvalue weighted by Gasteiger charge is -2.30. The van der Waals surface area contributed by atoms with E-state index >= 15 is 0 Å². The molecule has 1 aromatic carbocycles. The summed E-state index contributed by atoms with van der Waals surface area (Å²) in [7, 11) is 0. The van der Waals surface area contributed by atoms with Crippen LogP contribution in [-0.4, -0.2) is 29.9 Å². The van der Waals surface area contributed by atoms with E-state index in [0.29, 0.717) is 12.5 Å². The lowest BCUT2D eigenvalue weighted by molar-refractivity contribution is -0.122. The molecular formula is C20H33N3O. The molecule has 1 aromatic rings. The average Bonchev–Trinajstić information content (AvgIpc) is 2.55. The third-order valence-corrected chi connectivity index (χ3v) is 4.90. The minimum Gasteiger partial charge on any atom is -0.351 e. The molecule has 0 spiro atoms. The van der Waals surface area contributed by atoms with Crippen LogP contribution in [0.4, 0.5) is 0 Å². The molecule has 24 heavy (non-hydrogen) atoms. The van der Waals surface area contributed by atoms with E-state index in [1.54, 1.807) is 0 Å². The van der Waals surface area contributed by atoms with E-state index in [1.165, 1.54) is 37.1 Å². The second kappa shape index (κ2) is 9.19. The fraction of sp³-hybridized carbons (Fsp3) is 0.650. The van der Waals surface area contributed by atoms with Crippen molar-refractivity contribution in [1.82, 2.24) is 10.2 Å². The van der Waals surface area contributed by atoms with Crippen molar-refractivity contribution in [2.45, 2.75) is 59.2 Å². The Balaban J connectivity index is 1.90. The van der Waals surface area contributed by atoms with Gasteiger partial charge in [0.2, 0.25) is 5.91 Å². The number of amides is 1. The summed E-state index contributed by atoms with van der Waals surface area (Å²) in [6, 6.07) is 7.99. The molecule has 134 valence electrons. The highest BCUT2D eigenvalue weighted by Gasteiger charge is 2.18. The van der Waals surface area contributed by atoms with Gasteiger partial charge in [-0.15, -0.1) is 0 Å². The molecule has 0 aliphatic carbocycles. The minimum absolute atomic E-state index is 0.0506. The Morgan fingerprint density at radius 1 is 1.25 bits per heavy atom. The van der Waals surface area contributed by atoms with Gasteiger partial charge in [-0.2, -0.15) is 0 Å². The second-order valence-corrected chi connectivity index (χ2v) is 7.68. The van der Waals surface area contributed by atoms with Crippen molar-refractivity contribution in [3.63, 3.8) is 0 Å². The van der Waals surface area contributed by atoms with Crippen LogP contribution in [0, 0.1) is 11.8 Å². The summed E-state index contributed by atoms with van der Waals surface area (Å²) in [4.78, 5) is 14.7. The van der Waals surface area contributed by atoms with Gasteiger partial charge in [0, 0.05) is 13.1 Å². The summed E-state index contributed by atoms with van der Waals surface area (Å²) in [5, 5.41) is 3.01. The molecule has 0 radical (unpaired) electrons. The number of carbonyl (C=O) groups is 1. The molecule has 1 fully saturated rings. The van der Waals surface area contributed by atoms with Crippen LogP contribution in [0.3, 0.4) is 0 Å². The minimum atomic E-state index is -0.416. The van der Waals surface area contributed by atoms with Gasteiger partial charge < -0.3 is 11.1 Å². The lowest BCUT2D eigenvalue weighted by Crippen LogP contribution is -2.41. The molecule has 1 saturated heterocycles. The normalized spacial score (nSPS) is 17.9. The van der Waals surface area contributed by atoms with E-state index in [4.69, 9.17) is 5.73 Å².